The van der Waals surface area contributed by atoms with Crippen molar-refractivity contribution >= 4 is 28.6 Å². The number of carbonyl (C=O) groups excluding carboxylic acids is 1. The van der Waals surface area contributed by atoms with Crippen molar-refractivity contribution in [3.05, 3.63) is 36.0 Å². The van der Waals surface area contributed by atoms with Crippen molar-refractivity contribution in [2.75, 3.05) is 42.3 Å². The first-order valence-corrected chi connectivity index (χ1v) is 12.8. The third-order valence-electron chi connectivity index (χ3n) is 6.62. The first-order chi connectivity index (χ1) is 16.0. The molecule has 1 aromatic carbocycles. The number of aromatic nitrogens is 2. The largest absolute Gasteiger partial charge is 0.378 e. The standard InChI is InChI=1S/C23H29N5O4S/c29-22(25-18-6-7-18)24-17-4-2-16(3-5-17)21-26-19(23(8-1-9-23)15-33(30)31)14-20(27-21)28-10-12-32-13-11-28/h2-5,14,18H,1,6-13,15H2,(H,30,31)(H2,24,25,29). The van der Waals surface area contributed by atoms with Gasteiger partial charge in [0.25, 0.3) is 0 Å². The number of ether oxygens (including phenoxy) is 1. The van der Waals surface area contributed by atoms with Crippen molar-refractivity contribution in [2.45, 2.75) is 43.6 Å². The number of urea groups is 1. The second kappa shape index (κ2) is 9.36. The predicted molar refractivity (Wildman–Crippen MR) is 127 cm³/mol. The zero-order chi connectivity index (χ0) is 22.8. The van der Waals surface area contributed by atoms with E-state index in [0.717, 1.165) is 62.3 Å². The first-order valence-electron chi connectivity index (χ1n) is 11.5. The predicted octanol–water partition coefficient (Wildman–Crippen LogP) is 2.91. The molecule has 10 heteroatoms. The van der Waals surface area contributed by atoms with Gasteiger partial charge < -0.3 is 24.8 Å². The third-order valence-corrected chi connectivity index (χ3v) is 7.41. The number of hydrogen-bond acceptors (Lipinski definition) is 6. The van der Waals surface area contributed by atoms with Gasteiger partial charge >= 0.3 is 6.03 Å². The van der Waals surface area contributed by atoms with Crippen LogP contribution in [-0.4, -0.2) is 62.9 Å². The van der Waals surface area contributed by atoms with Crippen molar-refractivity contribution in [1.82, 2.24) is 15.3 Å². The number of nitrogens with zero attached hydrogens (tertiary/aromatic N) is 3. The molecule has 1 aliphatic heterocycles. The molecular weight excluding hydrogens is 442 g/mol. The summed E-state index contributed by atoms with van der Waals surface area (Å²) in [6, 6.07) is 9.56. The van der Waals surface area contributed by atoms with Crippen LogP contribution in [0, 0.1) is 0 Å². The van der Waals surface area contributed by atoms with E-state index in [1.807, 2.05) is 30.3 Å². The molecule has 2 aliphatic carbocycles. The molecular formula is C23H29N5O4S. The minimum atomic E-state index is -1.90. The molecule has 1 unspecified atom stereocenters. The molecule has 0 bridgehead atoms. The average Bonchev–Trinajstić information content (AvgIpc) is 3.61. The molecule has 9 nitrogen and oxygen atoms in total. The number of carbonyl (C=O) groups is 1. The zero-order valence-electron chi connectivity index (χ0n) is 18.5. The van der Waals surface area contributed by atoms with Crippen LogP contribution in [0.5, 0.6) is 0 Å². The van der Waals surface area contributed by atoms with Crippen LogP contribution in [0.1, 0.15) is 37.8 Å². The third kappa shape index (κ3) is 5.18. The maximum atomic E-state index is 12.0. The van der Waals surface area contributed by atoms with Gasteiger partial charge in [-0.05, 0) is 49.9 Å². The number of nitrogens with one attached hydrogen (secondary N) is 2. The van der Waals surface area contributed by atoms with Crippen LogP contribution >= 0.6 is 0 Å². The SMILES string of the molecule is O=C(Nc1ccc(-c2nc(N3CCOCC3)cc(C3(CS(=O)O)CCC3)n2)cc1)NC1CC1. The van der Waals surface area contributed by atoms with E-state index in [2.05, 4.69) is 15.5 Å². The lowest BCUT2D eigenvalue weighted by molar-refractivity contribution is 0.122. The van der Waals surface area contributed by atoms with Crippen LogP contribution in [0.2, 0.25) is 0 Å². The Morgan fingerprint density at radius 3 is 2.52 bits per heavy atom. The summed E-state index contributed by atoms with van der Waals surface area (Å²) in [5.74, 6) is 1.59. The van der Waals surface area contributed by atoms with Crippen LogP contribution in [0.4, 0.5) is 16.3 Å². The van der Waals surface area contributed by atoms with Crippen LogP contribution < -0.4 is 15.5 Å². The molecule has 2 amide bonds. The van der Waals surface area contributed by atoms with E-state index in [9.17, 15) is 13.6 Å². The Balaban J connectivity index is 1.44. The molecule has 1 aromatic heterocycles. The molecule has 33 heavy (non-hydrogen) atoms. The molecule has 3 fully saturated rings. The molecule has 176 valence electrons. The van der Waals surface area contributed by atoms with Gasteiger partial charge in [0.2, 0.25) is 0 Å². The maximum Gasteiger partial charge on any atom is 0.319 e. The van der Waals surface area contributed by atoms with Gasteiger partial charge in [-0.1, -0.05) is 6.42 Å². The summed E-state index contributed by atoms with van der Waals surface area (Å²) in [5.41, 5.74) is 1.97. The average molecular weight is 472 g/mol. The summed E-state index contributed by atoms with van der Waals surface area (Å²) in [6.45, 7) is 2.77. The molecule has 0 radical (unpaired) electrons. The van der Waals surface area contributed by atoms with Gasteiger partial charge in [0.1, 0.15) is 5.82 Å². The normalized spacial score (nSPS) is 20.6. The Labute approximate surface area is 195 Å². The summed E-state index contributed by atoms with van der Waals surface area (Å²) >= 11 is -1.90. The van der Waals surface area contributed by atoms with Crippen LogP contribution in [-0.2, 0) is 21.2 Å². The lowest BCUT2D eigenvalue weighted by Gasteiger charge is -2.41. The van der Waals surface area contributed by atoms with E-state index >= 15 is 0 Å². The van der Waals surface area contributed by atoms with Crippen molar-refractivity contribution in [3.63, 3.8) is 0 Å². The van der Waals surface area contributed by atoms with E-state index < -0.39 is 11.1 Å². The van der Waals surface area contributed by atoms with E-state index in [4.69, 9.17) is 14.7 Å². The highest BCUT2D eigenvalue weighted by Crippen LogP contribution is 2.44. The molecule has 3 aliphatic rings. The van der Waals surface area contributed by atoms with Crippen LogP contribution in [0.15, 0.2) is 30.3 Å². The Bertz CT molecular complexity index is 1030. The number of anilines is 2. The fraction of sp³-hybridized carbons (Fsp3) is 0.522. The van der Waals surface area contributed by atoms with Gasteiger partial charge in [-0.15, -0.1) is 0 Å². The monoisotopic (exact) mass is 471 g/mol. The number of hydrogen-bond donors (Lipinski definition) is 3. The summed E-state index contributed by atoms with van der Waals surface area (Å²) < 4.78 is 26.9. The second-order valence-electron chi connectivity index (χ2n) is 9.08. The fourth-order valence-corrected chi connectivity index (χ4v) is 5.30. The van der Waals surface area contributed by atoms with Crippen molar-refractivity contribution in [1.29, 1.82) is 0 Å². The molecule has 2 saturated carbocycles. The Kier molecular flexibility index (Phi) is 6.31. The minimum Gasteiger partial charge on any atom is -0.378 e. The van der Waals surface area contributed by atoms with Gasteiger partial charge in [0.05, 0.1) is 24.7 Å². The van der Waals surface area contributed by atoms with E-state index in [0.29, 0.717) is 30.8 Å². The van der Waals surface area contributed by atoms with Crippen molar-refractivity contribution in [3.8, 4) is 11.4 Å². The number of benzene rings is 1. The highest BCUT2D eigenvalue weighted by atomic mass is 32.2. The molecule has 2 heterocycles. The minimum absolute atomic E-state index is 0.185. The Morgan fingerprint density at radius 1 is 1.18 bits per heavy atom. The summed E-state index contributed by atoms with van der Waals surface area (Å²) in [6.07, 6.45) is 4.79. The summed E-state index contributed by atoms with van der Waals surface area (Å²) in [4.78, 5) is 23.9. The first kappa shape index (κ1) is 22.2. The van der Waals surface area contributed by atoms with E-state index in [-0.39, 0.29) is 17.2 Å². The number of morpholine rings is 1. The van der Waals surface area contributed by atoms with Gasteiger partial charge in [0.15, 0.2) is 16.9 Å². The highest BCUT2D eigenvalue weighted by molar-refractivity contribution is 7.79. The Hall–Kier alpha value is -2.56. The summed E-state index contributed by atoms with van der Waals surface area (Å²) in [7, 11) is 0. The van der Waals surface area contributed by atoms with Gasteiger partial charge in [-0.2, -0.15) is 0 Å². The zero-order valence-corrected chi connectivity index (χ0v) is 19.3. The smallest absolute Gasteiger partial charge is 0.319 e. The lowest BCUT2D eigenvalue weighted by Crippen LogP contribution is -2.41. The molecule has 0 spiro atoms. The fourth-order valence-electron chi connectivity index (χ4n) is 4.39. The highest BCUT2D eigenvalue weighted by Gasteiger charge is 2.42. The molecule has 2 aromatic rings. The van der Waals surface area contributed by atoms with Crippen LogP contribution in [0.3, 0.4) is 0 Å². The van der Waals surface area contributed by atoms with Gasteiger partial charge in [0, 0.05) is 41.9 Å². The topological polar surface area (TPSA) is 117 Å². The van der Waals surface area contributed by atoms with Crippen molar-refractivity contribution < 1.29 is 18.3 Å². The lowest BCUT2D eigenvalue weighted by atomic mass is 9.68. The maximum absolute atomic E-state index is 12.0. The Morgan fingerprint density at radius 2 is 1.91 bits per heavy atom. The van der Waals surface area contributed by atoms with E-state index in [1.54, 1.807) is 0 Å². The quantitative estimate of drug-likeness (QED) is 0.532. The van der Waals surface area contributed by atoms with Crippen LogP contribution in [0.25, 0.3) is 11.4 Å². The number of amides is 2. The molecule has 1 atom stereocenters. The summed E-state index contributed by atoms with van der Waals surface area (Å²) in [5, 5.41) is 5.77. The number of rotatable bonds is 7. The molecule has 5 rings (SSSR count). The van der Waals surface area contributed by atoms with Gasteiger partial charge in [-0.25, -0.2) is 19.0 Å². The molecule has 3 N–H and O–H groups in total. The van der Waals surface area contributed by atoms with E-state index in [1.165, 1.54) is 0 Å². The van der Waals surface area contributed by atoms with Crippen molar-refractivity contribution in [2.24, 2.45) is 0 Å². The molecule has 1 saturated heterocycles. The van der Waals surface area contributed by atoms with Gasteiger partial charge in [-0.3, -0.25) is 0 Å². The second-order valence-corrected chi connectivity index (χ2v) is 10.0.